The first-order valence-electron chi connectivity index (χ1n) is 13.4. The number of halogens is 3. The van der Waals surface area contributed by atoms with E-state index in [1.807, 2.05) is 42.5 Å². The van der Waals surface area contributed by atoms with Gasteiger partial charge in [-0.3, -0.25) is 19.3 Å². The summed E-state index contributed by atoms with van der Waals surface area (Å²) in [7, 11) is 0. The molecule has 0 spiro atoms. The Morgan fingerprint density at radius 3 is 2.05 bits per heavy atom. The van der Waals surface area contributed by atoms with Crippen LogP contribution in [0.4, 0.5) is 18.9 Å². The van der Waals surface area contributed by atoms with Crippen LogP contribution in [0, 0.1) is 0 Å². The number of benzene rings is 3. The average Bonchev–Trinajstić information content (AvgIpc) is 3.62. The van der Waals surface area contributed by atoms with Gasteiger partial charge in [0.15, 0.2) is 0 Å². The Morgan fingerprint density at radius 1 is 0.837 bits per heavy atom. The van der Waals surface area contributed by atoms with Gasteiger partial charge in [-0.25, -0.2) is 4.79 Å². The van der Waals surface area contributed by atoms with E-state index in [1.165, 1.54) is 28.0 Å². The highest BCUT2D eigenvalue weighted by molar-refractivity contribution is 6.08. The molecule has 3 aromatic rings. The van der Waals surface area contributed by atoms with Crippen molar-refractivity contribution in [3.05, 3.63) is 100 Å². The number of carbonyl (C=O) groups excluding carboxylic acids is 2. The molecule has 0 aliphatic heterocycles. The summed E-state index contributed by atoms with van der Waals surface area (Å²) in [6.45, 7) is 0.182. The SMILES string of the molecule is NC(=O)c1ccc2c(c1)CCC2.NCC1CCc2ccc(N(CC(=O)O)C(=O)c3ccccc3)cc21.O=C(O)C(F)(F)F. The van der Waals surface area contributed by atoms with Crippen molar-refractivity contribution < 1.29 is 42.6 Å². The summed E-state index contributed by atoms with van der Waals surface area (Å²) in [6, 6.07) is 20.2. The van der Waals surface area contributed by atoms with Crippen LogP contribution in [0.2, 0.25) is 0 Å². The Labute approximate surface area is 245 Å². The molecule has 0 radical (unpaired) electrons. The minimum atomic E-state index is -5.08. The van der Waals surface area contributed by atoms with Gasteiger partial charge in [0.25, 0.3) is 5.91 Å². The van der Waals surface area contributed by atoms with Gasteiger partial charge < -0.3 is 21.7 Å². The molecule has 1 atom stereocenters. The van der Waals surface area contributed by atoms with E-state index in [2.05, 4.69) is 0 Å². The fourth-order valence-electron chi connectivity index (χ4n) is 4.97. The Kier molecular flexibility index (Phi) is 11.0. The summed E-state index contributed by atoms with van der Waals surface area (Å²) in [6.07, 6.45) is 0.340. The number of primary amides is 1. The first-order valence-corrected chi connectivity index (χ1v) is 13.4. The number of aliphatic carboxylic acids is 2. The first kappa shape index (κ1) is 32.8. The van der Waals surface area contributed by atoms with E-state index in [1.54, 1.807) is 24.3 Å². The molecule has 9 nitrogen and oxygen atoms in total. The Hall–Kier alpha value is -4.71. The molecule has 3 aromatic carbocycles. The van der Waals surface area contributed by atoms with Gasteiger partial charge in [0.2, 0.25) is 5.91 Å². The molecule has 12 heteroatoms. The van der Waals surface area contributed by atoms with Gasteiger partial charge in [0.1, 0.15) is 6.54 Å². The van der Waals surface area contributed by atoms with E-state index in [0.29, 0.717) is 23.4 Å². The molecule has 2 aliphatic carbocycles. The number of carboxylic acid groups (broad SMARTS) is 2. The van der Waals surface area contributed by atoms with E-state index < -0.39 is 18.1 Å². The van der Waals surface area contributed by atoms with Crippen molar-refractivity contribution in [1.29, 1.82) is 0 Å². The molecule has 0 aromatic heterocycles. The lowest BCUT2D eigenvalue weighted by atomic mass is 10.0. The number of alkyl halides is 3. The zero-order chi connectivity index (χ0) is 31.7. The summed E-state index contributed by atoms with van der Waals surface area (Å²) >= 11 is 0. The van der Waals surface area contributed by atoms with Crippen LogP contribution < -0.4 is 16.4 Å². The molecule has 2 amide bonds. The smallest absolute Gasteiger partial charge is 0.480 e. The lowest BCUT2D eigenvalue weighted by molar-refractivity contribution is -0.192. The minimum Gasteiger partial charge on any atom is -0.480 e. The van der Waals surface area contributed by atoms with Crippen molar-refractivity contribution >= 4 is 29.4 Å². The summed E-state index contributed by atoms with van der Waals surface area (Å²) in [5, 5.41) is 16.3. The maximum absolute atomic E-state index is 12.8. The highest BCUT2D eigenvalue weighted by atomic mass is 19.4. The predicted octanol–water partition coefficient (Wildman–Crippen LogP) is 4.31. The molecule has 0 heterocycles. The molecule has 0 saturated carbocycles. The van der Waals surface area contributed by atoms with E-state index >= 15 is 0 Å². The number of nitrogens with two attached hydrogens (primary N) is 2. The fourth-order valence-corrected chi connectivity index (χ4v) is 4.97. The number of fused-ring (bicyclic) bond motifs is 2. The molecule has 2 aliphatic rings. The Morgan fingerprint density at radius 2 is 1.47 bits per heavy atom. The molecule has 43 heavy (non-hydrogen) atoms. The van der Waals surface area contributed by atoms with Crippen LogP contribution in [0.25, 0.3) is 0 Å². The molecule has 0 fully saturated rings. The molecule has 228 valence electrons. The van der Waals surface area contributed by atoms with Crippen LogP contribution in [0.1, 0.15) is 61.7 Å². The van der Waals surface area contributed by atoms with Gasteiger partial charge in [-0.1, -0.05) is 30.3 Å². The van der Waals surface area contributed by atoms with E-state index in [0.717, 1.165) is 31.2 Å². The highest BCUT2D eigenvalue weighted by Crippen LogP contribution is 2.35. The largest absolute Gasteiger partial charge is 0.490 e. The maximum Gasteiger partial charge on any atom is 0.490 e. The Balaban J connectivity index is 0.000000220. The van der Waals surface area contributed by atoms with Crippen LogP contribution >= 0.6 is 0 Å². The number of carboxylic acids is 2. The number of carbonyl (C=O) groups is 4. The van der Waals surface area contributed by atoms with Crippen molar-refractivity contribution in [2.75, 3.05) is 18.0 Å². The van der Waals surface area contributed by atoms with Crippen LogP contribution in [0.5, 0.6) is 0 Å². The average molecular weight is 600 g/mol. The third kappa shape index (κ3) is 8.89. The van der Waals surface area contributed by atoms with Gasteiger partial charge in [-0.05, 0) is 103 Å². The second-order valence-corrected chi connectivity index (χ2v) is 10.0. The predicted molar refractivity (Wildman–Crippen MR) is 153 cm³/mol. The number of amides is 2. The van der Waals surface area contributed by atoms with E-state index in [9.17, 15) is 32.7 Å². The van der Waals surface area contributed by atoms with Crippen molar-refractivity contribution in [2.45, 2.75) is 44.2 Å². The van der Waals surface area contributed by atoms with Crippen LogP contribution in [-0.2, 0) is 28.9 Å². The number of rotatable bonds is 6. The van der Waals surface area contributed by atoms with Crippen LogP contribution in [-0.4, -0.2) is 53.2 Å². The second kappa shape index (κ2) is 14.5. The first-order chi connectivity index (χ1) is 20.3. The zero-order valence-electron chi connectivity index (χ0n) is 23.1. The maximum atomic E-state index is 12.8. The van der Waals surface area contributed by atoms with Crippen molar-refractivity contribution in [3.63, 3.8) is 0 Å². The number of aryl methyl sites for hydroxylation is 3. The van der Waals surface area contributed by atoms with Crippen molar-refractivity contribution in [2.24, 2.45) is 11.5 Å². The van der Waals surface area contributed by atoms with E-state index in [-0.39, 0.29) is 24.3 Å². The lowest BCUT2D eigenvalue weighted by Crippen LogP contribution is -2.35. The fraction of sp³-hybridized carbons (Fsp3) is 0.290. The summed E-state index contributed by atoms with van der Waals surface area (Å²) < 4.78 is 31.7. The molecule has 6 N–H and O–H groups in total. The third-order valence-corrected chi connectivity index (χ3v) is 7.11. The van der Waals surface area contributed by atoms with Gasteiger partial charge in [-0.15, -0.1) is 0 Å². The quantitative estimate of drug-likeness (QED) is 0.328. The standard InChI is InChI=1S/C19H20N2O3.C10H11NO.C2HF3O2/c20-11-15-7-6-13-8-9-16(10-17(13)15)21(12-18(22)23)19(24)14-4-2-1-3-5-14;11-10(12)9-5-4-7-2-1-3-8(7)6-9;3-2(4,5)1(6)7/h1-5,8-10,15H,6-7,11-12,20H2,(H,22,23);4-6H,1-3H2,(H2,11,12);(H,6,7). The monoisotopic (exact) mass is 599 g/mol. The lowest BCUT2D eigenvalue weighted by Gasteiger charge is -2.22. The molecular formula is C31H32F3N3O6. The molecule has 1 unspecified atom stereocenters. The molecule has 0 saturated heterocycles. The summed E-state index contributed by atoms with van der Waals surface area (Å²) in [4.78, 5) is 45.1. The number of nitrogens with zero attached hydrogens (tertiary/aromatic N) is 1. The zero-order valence-corrected chi connectivity index (χ0v) is 23.1. The molecule has 0 bridgehead atoms. The normalized spacial score (nSPS) is 14.7. The van der Waals surface area contributed by atoms with Gasteiger partial charge in [-0.2, -0.15) is 13.2 Å². The topological polar surface area (TPSA) is 164 Å². The van der Waals surface area contributed by atoms with E-state index in [4.69, 9.17) is 21.4 Å². The van der Waals surface area contributed by atoms with Gasteiger partial charge in [0.05, 0.1) is 0 Å². The second-order valence-electron chi connectivity index (χ2n) is 10.0. The molecular weight excluding hydrogens is 567 g/mol. The Bertz CT molecular complexity index is 1480. The number of hydrogen-bond acceptors (Lipinski definition) is 5. The minimum absolute atomic E-state index is 0.276. The highest BCUT2D eigenvalue weighted by Gasteiger charge is 2.38. The number of hydrogen-bond donors (Lipinski definition) is 4. The number of anilines is 1. The summed E-state index contributed by atoms with van der Waals surface area (Å²) in [5.74, 6) is -4.17. The van der Waals surface area contributed by atoms with Gasteiger partial charge in [0, 0.05) is 16.8 Å². The molecule has 5 rings (SSSR count). The summed E-state index contributed by atoms with van der Waals surface area (Å²) in [5.41, 5.74) is 17.7. The van der Waals surface area contributed by atoms with Crippen LogP contribution in [0.3, 0.4) is 0 Å². The third-order valence-electron chi connectivity index (χ3n) is 7.11. The van der Waals surface area contributed by atoms with Crippen LogP contribution in [0.15, 0.2) is 66.7 Å². The van der Waals surface area contributed by atoms with Crippen molar-refractivity contribution in [3.8, 4) is 0 Å². The van der Waals surface area contributed by atoms with Crippen molar-refractivity contribution in [1.82, 2.24) is 0 Å². The van der Waals surface area contributed by atoms with Gasteiger partial charge >= 0.3 is 18.1 Å².